The van der Waals surface area contributed by atoms with Gasteiger partial charge in [-0.15, -0.1) is 0 Å². The van der Waals surface area contributed by atoms with Crippen molar-refractivity contribution in [3.05, 3.63) is 47.9 Å². The lowest BCUT2D eigenvalue weighted by Crippen LogP contribution is -2.35. The third-order valence-electron chi connectivity index (χ3n) is 4.19. The predicted octanol–water partition coefficient (Wildman–Crippen LogP) is 3.66. The maximum atomic E-state index is 13.1. The molecule has 1 heterocycles. The summed E-state index contributed by atoms with van der Waals surface area (Å²) in [7, 11) is 3.15. The molecule has 1 atom stereocenters. The molecule has 0 N–H and O–H groups in total. The van der Waals surface area contributed by atoms with Crippen LogP contribution >= 0.6 is 0 Å². The zero-order valence-corrected chi connectivity index (χ0v) is 13.6. The number of furan rings is 1. The van der Waals surface area contributed by atoms with Gasteiger partial charge in [-0.1, -0.05) is 0 Å². The molecule has 23 heavy (non-hydrogen) atoms. The fourth-order valence-electron chi connectivity index (χ4n) is 2.79. The molecule has 5 nitrogen and oxygen atoms in total. The van der Waals surface area contributed by atoms with Crippen LogP contribution in [0.5, 0.6) is 11.5 Å². The summed E-state index contributed by atoms with van der Waals surface area (Å²) in [4.78, 5) is 15.0. The molecule has 1 unspecified atom stereocenters. The van der Waals surface area contributed by atoms with Crippen LogP contribution < -0.4 is 9.47 Å². The molecule has 0 aliphatic heterocycles. The number of hydrogen-bond donors (Lipinski definition) is 0. The third kappa shape index (κ3) is 3.04. The number of hydrogen-bond acceptors (Lipinski definition) is 4. The highest BCUT2D eigenvalue weighted by Crippen LogP contribution is 2.37. The summed E-state index contributed by atoms with van der Waals surface area (Å²) in [6, 6.07) is 9.15. The molecule has 1 aliphatic rings. The maximum absolute atomic E-state index is 13.1. The van der Waals surface area contributed by atoms with Gasteiger partial charge in [-0.3, -0.25) is 4.79 Å². The number of rotatable bonds is 6. The van der Waals surface area contributed by atoms with E-state index in [2.05, 4.69) is 0 Å². The molecule has 1 amide bonds. The van der Waals surface area contributed by atoms with Gasteiger partial charge in [-0.2, -0.15) is 0 Å². The highest BCUT2D eigenvalue weighted by atomic mass is 16.5. The van der Waals surface area contributed by atoms with E-state index in [0.717, 1.165) is 18.6 Å². The normalized spacial score (nSPS) is 15.1. The highest BCUT2D eigenvalue weighted by Gasteiger charge is 2.38. The number of benzene rings is 1. The molecule has 0 radical (unpaired) electrons. The van der Waals surface area contributed by atoms with Crippen LogP contribution in [0.25, 0.3) is 0 Å². The van der Waals surface area contributed by atoms with E-state index in [1.54, 1.807) is 38.7 Å². The Kier molecular flexibility index (Phi) is 4.28. The van der Waals surface area contributed by atoms with E-state index >= 15 is 0 Å². The van der Waals surface area contributed by atoms with E-state index in [1.807, 2.05) is 24.0 Å². The molecule has 2 aromatic rings. The Balaban J connectivity index is 1.93. The molecule has 3 rings (SSSR count). The fourth-order valence-corrected chi connectivity index (χ4v) is 2.79. The topological polar surface area (TPSA) is 51.9 Å². The van der Waals surface area contributed by atoms with Gasteiger partial charge in [0.05, 0.1) is 32.1 Å². The molecule has 122 valence electrons. The summed E-state index contributed by atoms with van der Waals surface area (Å²) in [5.41, 5.74) is 0.540. The zero-order valence-electron chi connectivity index (χ0n) is 13.6. The maximum Gasteiger partial charge on any atom is 0.258 e. The molecule has 1 fully saturated rings. The highest BCUT2D eigenvalue weighted by molar-refractivity contribution is 5.97. The van der Waals surface area contributed by atoms with Crippen molar-refractivity contribution in [1.82, 2.24) is 4.90 Å². The molecule has 0 saturated heterocycles. The van der Waals surface area contributed by atoms with E-state index in [-0.39, 0.29) is 18.0 Å². The Labute approximate surface area is 135 Å². The summed E-state index contributed by atoms with van der Waals surface area (Å²) in [6.45, 7) is 1.99. The SMILES string of the molecule is COc1ccc(C(=O)N(C2CC2)C(C)c2ccco2)c(OC)c1. The van der Waals surface area contributed by atoms with Gasteiger partial charge in [0.15, 0.2) is 0 Å². The second-order valence-corrected chi connectivity index (χ2v) is 5.70. The second kappa shape index (κ2) is 6.36. The quantitative estimate of drug-likeness (QED) is 0.816. The van der Waals surface area contributed by atoms with Crippen LogP contribution in [0.2, 0.25) is 0 Å². The Hall–Kier alpha value is -2.43. The first-order valence-electron chi connectivity index (χ1n) is 7.73. The van der Waals surface area contributed by atoms with Crippen LogP contribution in [0, 0.1) is 0 Å². The first kappa shape index (κ1) is 15.5. The van der Waals surface area contributed by atoms with Gasteiger partial charge in [0.2, 0.25) is 0 Å². The Morgan fingerprint density at radius 2 is 2.04 bits per heavy atom. The first-order chi connectivity index (χ1) is 11.2. The molecule has 1 saturated carbocycles. The van der Waals surface area contributed by atoms with E-state index in [9.17, 15) is 4.79 Å². The average Bonchev–Trinajstić information content (AvgIpc) is 3.25. The molecule has 1 aromatic heterocycles. The van der Waals surface area contributed by atoms with Crippen LogP contribution in [-0.4, -0.2) is 31.1 Å². The number of ether oxygens (including phenoxy) is 2. The summed E-state index contributed by atoms with van der Waals surface area (Å²) in [6.07, 6.45) is 3.68. The largest absolute Gasteiger partial charge is 0.497 e. The summed E-state index contributed by atoms with van der Waals surface area (Å²) >= 11 is 0. The Morgan fingerprint density at radius 1 is 1.26 bits per heavy atom. The van der Waals surface area contributed by atoms with Crippen molar-refractivity contribution in [2.75, 3.05) is 14.2 Å². The minimum absolute atomic E-state index is 0.0455. The number of nitrogens with zero attached hydrogens (tertiary/aromatic N) is 1. The van der Waals surface area contributed by atoms with Crippen LogP contribution in [-0.2, 0) is 0 Å². The monoisotopic (exact) mass is 315 g/mol. The zero-order chi connectivity index (χ0) is 16.4. The number of amides is 1. The van der Waals surface area contributed by atoms with E-state index < -0.39 is 0 Å². The van der Waals surface area contributed by atoms with Crippen LogP contribution in [0.4, 0.5) is 0 Å². The molecular formula is C18H21NO4. The van der Waals surface area contributed by atoms with Crippen molar-refractivity contribution >= 4 is 5.91 Å². The van der Waals surface area contributed by atoms with Crippen LogP contribution in [0.1, 0.15) is 41.9 Å². The van der Waals surface area contributed by atoms with Crippen molar-refractivity contribution in [1.29, 1.82) is 0 Å². The second-order valence-electron chi connectivity index (χ2n) is 5.70. The van der Waals surface area contributed by atoms with Gasteiger partial charge < -0.3 is 18.8 Å². The minimum Gasteiger partial charge on any atom is -0.497 e. The lowest BCUT2D eigenvalue weighted by molar-refractivity contribution is 0.0649. The standard InChI is InChI=1S/C18H21NO4/c1-12(16-5-4-10-23-16)19(13-6-7-13)18(20)15-9-8-14(21-2)11-17(15)22-3/h4-5,8-13H,6-7H2,1-3H3. The lowest BCUT2D eigenvalue weighted by Gasteiger charge is -2.28. The van der Waals surface area contributed by atoms with Crippen molar-refractivity contribution in [3.63, 3.8) is 0 Å². The van der Waals surface area contributed by atoms with Gasteiger partial charge in [0.1, 0.15) is 17.3 Å². The molecule has 0 spiro atoms. The minimum atomic E-state index is -0.114. The van der Waals surface area contributed by atoms with Gasteiger partial charge >= 0.3 is 0 Å². The Morgan fingerprint density at radius 3 is 2.61 bits per heavy atom. The van der Waals surface area contributed by atoms with Crippen molar-refractivity contribution in [2.45, 2.75) is 31.8 Å². The summed E-state index contributed by atoms with van der Waals surface area (Å²) in [5, 5.41) is 0. The first-order valence-corrected chi connectivity index (χ1v) is 7.73. The third-order valence-corrected chi connectivity index (χ3v) is 4.19. The number of carbonyl (C=O) groups is 1. The van der Waals surface area contributed by atoms with Crippen LogP contribution in [0.3, 0.4) is 0 Å². The number of carbonyl (C=O) groups excluding carboxylic acids is 1. The lowest BCUT2D eigenvalue weighted by atomic mass is 10.1. The molecule has 1 aromatic carbocycles. The van der Waals surface area contributed by atoms with Gasteiger partial charge in [0, 0.05) is 12.1 Å². The average molecular weight is 315 g/mol. The molecule has 1 aliphatic carbocycles. The summed E-state index contributed by atoms with van der Waals surface area (Å²) < 4.78 is 16.1. The Bertz CT molecular complexity index is 676. The van der Waals surface area contributed by atoms with Gasteiger partial charge in [-0.05, 0) is 44.0 Å². The van der Waals surface area contributed by atoms with Gasteiger partial charge in [-0.25, -0.2) is 0 Å². The van der Waals surface area contributed by atoms with Crippen molar-refractivity contribution in [3.8, 4) is 11.5 Å². The number of methoxy groups -OCH3 is 2. The van der Waals surface area contributed by atoms with Gasteiger partial charge in [0.25, 0.3) is 5.91 Å². The summed E-state index contributed by atoms with van der Waals surface area (Å²) in [5.74, 6) is 1.93. The van der Waals surface area contributed by atoms with Crippen LogP contribution in [0.15, 0.2) is 41.0 Å². The molecule has 5 heteroatoms. The van der Waals surface area contributed by atoms with E-state index in [0.29, 0.717) is 17.1 Å². The van der Waals surface area contributed by atoms with Crippen molar-refractivity contribution in [2.24, 2.45) is 0 Å². The smallest absolute Gasteiger partial charge is 0.258 e. The predicted molar refractivity (Wildman–Crippen MR) is 85.9 cm³/mol. The fraction of sp³-hybridized carbons (Fsp3) is 0.389. The van der Waals surface area contributed by atoms with E-state index in [1.165, 1.54) is 0 Å². The van der Waals surface area contributed by atoms with Crippen molar-refractivity contribution < 1.29 is 18.7 Å². The van der Waals surface area contributed by atoms with E-state index in [4.69, 9.17) is 13.9 Å². The molecular weight excluding hydrogens is 294 g/mol. The molecule has 0 bridgehead atoms.